The summed E-state index contributed by atoms with van der Waals surface area (Å²) >= 11 is 0. The van der Waals surface area contributed by atoms with E-state index in [1.807, 2.05) is 13.8 Å². The molecule has 6 N–H and O–H groups in total. The lowest BCUT2D eigenvalue weighted by Crippen LogP contribution is -2.64. The number of nitrogens with one attached hydrogen (secondary N) is 3. The Morgan fingerprint density at radius 3 is 2.16 bits per heavy atom. The molecule has 0 bridgehead atoms. The van der Waals surface area contributed by atoms with Gasteiger partial charge in [-0.15, -0.1) is 0 Å². The zero-order chi connectivity index (χ0) is 27.9. The van der Waals surface area contributed by atoms with Gasteiger partial charge in [0, 0.05) is 6.54 Å². The normalized spacial score (nSPS) is 26.3. The van der Waals surface area contributed by atoms with Crippen molar-refractivity contribution < 1.29 is 33.9 Å². The molecular formula is C25H39N5O7. The van der Waals surface area contributed by atoms with Crippen molar-refractivity contribution in [3.8, 4) is 0 Å². The Morgan fingerprint density at radius 1 is 1.05 bits per heavy atom. The molecule has 206 valence electrons. The fourth-order valence-electron chi connectivity index (χ4n) is 5.92. The van der Waals surface area contributed by atoms with E-state index in [-0.39, 0.29) is 17.3 Å². The van der Waals surface area contributed by atoms with E-state index in [0.29, 0.717) is 32.2 Å². The van der Waals surface area contributed by atoms with Gasteiger partial charge in [-0.2, -0.15) is 0 Å². The van der Waals surface area contributed by atoms with Crippen molar-refractivity contribution in [2.75, 3.05) is 13.1 Å². The van der Waals surface area contributed by atoms with E-state index in [0.717, 1.165) is 6.42 Å². The molecule has 3 fully saturated rings. The second-order valence-corrected chi connectivity index (χ2v) is 12.2. The number of nitrogens with two attached hydrogens (primary N) is 1. The van der Waals surface area contributed by atoms with Gasteiger partial charge in [0.2, 0.25) is 17.6 Å². The number of hydrogen-bond donors (Lipinski definition) is 5. The number of rotatable bonds is 8. The summed E-state index contributed by atoms with van der Waals surface area (Å²) in [5, 5.41) is 17.5. The average Bonchev–Trinajstić information content (AvgIpc) is 3.14. The van der Waals surface area contributed by atoms with Crippen LogP contribution in [-0.2, 0) is 24.0 Å². The number of piperidine rings is 1. The van der Waals surface area contributed by atoms with Gasteiger partial charge < -0.3 is 31.7 Å². The first kappa shape index (κ1) is 28.4. The van der Waals surface area contributed by atoms with Crippen molar-refractivity contribution in [1.29, 1.82) is 0 Å². The number of carboxylic acids is 1. The molecule has 5 amide bonds. The van der Waals surface area contributed by atoms with Crippen LogP contribution in [0.25, 0.3) is 0 Å². The molecule has 0 radical (unpaired) electrons. The van der Waals surface area contributed by atoms with Gasteiger partial charge in [-0.3, -0.25) is 19.2 Å². The summed E-state index contributed by atoms with van der Waals surface area (Å²) in [6, 6.07) is -2.69. The molecule has 2 saturated carbocycles. The molecule has 0 aromatic heterocycles. The van der Waals surface area contributed by atoms with Gasteiger partial charge in [-0.05, 0) is 35.5 Å². The highest BCUT2D eigenvalue weighted by atomic mass is 16.4. The first-order valence-corrected chi connectivity index (χ1v) is 12.8. The van der Waals surface area contributed by atoms with Gasteiger partial charge in [-0.25, -0.2) is 9.59 Å². The minimum absolute atomic E-state index is 0.0611. The molecule has 0 aromatic carbocycles. The van der Waals surface area contributed by atoms with Gasteiger partial charge in [0.1, 0.15) is 17.6 Å². The molecule has 12 nitrogen and oxygen atoms in total. The zero-order valence-electron chi connectivity index (χ0n) is 22.2. The maximum absolute atomic E-state index is 13.8. The Kier molecular flexibility index (Phi) is 7.63. The zero-order valence-corrected chi connectivity index (χ0v) is 22.2. The summed E-state index contributed by atoms with van der Waals surface area (Å²) in [6.45, 7) is 9.04. The molecule has 0 unspecified atom stereocenters. The minimum atomic E-state index is -1.39. The number of hydrogen-bond acceptors (Lipinski definition) is 6. The number of likely N-dealkylation sites (tertiary alicyclic amines) is 1. The molecule has 0 spiro atoms. The Labute approximate surface area is 216 Å². The maximum atomic E-state index is 13.8. The predicted octanol–water partition coefficient (Wildman–Crippen LogP) is 0.141. The average molecular weight is 522 g/mol. The first-order chi connectivity index (χ1) is 17.0. The van der Waals surface area contributed by atoms with Crippen molar-refractivity contribution in [2.45, 2.75) is 84.3 Å². The number of amides is 5. The Morgan fingerprint density at radius 2 is 1.65 bits per heavy atom. The van der Waals surface area contributed by atoms with E-state index in [1.165, 1.54) is 4.90 Å². The number of ketones is 1. The second kappa shape index (κ2) is 9.94. The summed E-state index contributed by atoms with van der Waals surface area (Å²) in [7, 11) is 0. The van der Waals surface area contributed by atoms with Gasteiger partial charge in [0.25, 0.3) is 5.91 Å². The summed E-state index contributed by atoms with van der Waals surface area (Å²) in [5.41, 5.74) is 2.63. The standard InChI is InChI=1S/C25H39N5O7/c1-23(2,3)17(28-22(37)29-25(21(35)36)9-7-6-8-10-25)20(34)30-12-13-15(24(13,4)5)16(30)19(33)27-11-14(31)18(26)32/h13,15-17H,6-12H2,1-5H3,(H2,26,32)(H,27,33)(H,35,36)(H2,28,29,37)/t13-,15-,16-,17+/m0/s1. The molecule has 3 aliphatic rings. The summed E-state index contributed by atoms with van der Waals surface area (Å²) in [4.78, 5) is 76.1. The number of nitrogens with zero attached hydrogens (tertiary/aromatic N) is 1. The van der Waals surface area contributed by atoms with Gasteiger partial charge in [-0.1, -0.05) is 53.9 Å². The van der Waals surface area contributed by atoms with E-state index < -0.39 is 65.1 Å². The smallest absolute Gasteiger partial charge is 0.329 e. The fourth-order valence-corrected chi connectivity index (χ4v) is 5.92. The first-order valence-electron chi connectivity index (χ1n) is 12.8. The highest BCUT2D eigenvalue weighted by molar-refractivity contribution is 6.36. The molecule has 0 aromatic rings. The molecule has 1 aliphatic heterocycles. The highest BCUT2D eigenvalue weighted by Crippen LogP contribution is 2.65. The predicted molar refractivity (Wildman–Crippen MR) is 132 cm³/mol. The van der Waals surface area contributed by atoms with Crippen LogP contribution in [0.15, 0.2) is 0 Å². The van der Waals surface area contributed by atoms with Crippen LogP contribution in [0.5, 0.6) is 0 Å². The third kappa shape index (κ3) is 5.57. The minimum Gasteiger partial charge on any atom is -0.480 e. The number of urea groups is 1. The number of carbonyl (C=O) groups is 6. The number of carbonyl (C=O) groups excluding carboxylic acids is 5. The Hall–Kier alpha value is -3.18. The summed E-state index contributed by atoms with van der Waals surface area (Å²) < 4.78 is 0. The number of carboxylic acid groups (broad SMARTS) is 1. The van der Waals surface area contributed by atoms with Crippen LogP contribution in [0.4, 0.5) is 4.79 Å². The molecule has 12 heteroatoms. The third-order valence-electron chi connectivity index (χ3n) is 8.32. The number of Topliss-reactive ketones (excluding diaryl/α,β-unsaturated/α-hetero) is 1. The van der Waals surface area contributed by atoms with Crippen molar-refractivity contribution in [2.24, 2.45) is 28.4 Å². The van der Waals surface area contributed by atoms with Crippen molar-refractivity contribution in [3.05, 3.63) is 0 Å². The lowest BCUT2D eigenvalue weighted by molar-refractivity contribution is -0.146. The van der Waals surface area contributed by atoms with E-state index in [1.54, 1.807) is 20.8 Å². The Balaban J connectivity index is 1.79. The van der Waals surface area contributed by atoms with E-state index in [2.05, 4.69) is 16.0 Å². The van der Waals surface area contributed by atoms with Gasteiger partial charge >= 0.3 is 12.0 Å². The van der Waals surface area contributed by atoms with Crippen LogP contribution in [0.1, 0.15) is 66.7 Å². The lowest BCUT2D eigenvalue weighted by atomic mass is 9.81. The molecule has 3 rings (SSSR count). The van der Waals surface area contributed by atoms with Gasteiger partial charge in [0.15, 0.2) is 0 Å². The van der Waals surface area contributed by atoms with E-state index in [9.17, 15) is 33.9 Å². The topological polar surface area (TPSA) is 188 Å². The molecular weight excluding hydrogens is 482 g/mol. The van der Waals surface area contributed by atoms with Crippen LogP contribution in [-0.4, -0.2) is 76.2 Å². The van der Waals surface area contributed by atoms with Crippen LogP contribution >= 0.6 is 0 Å². The molecule has 1 saturated heterocycles. The van der Waals surface area contributed by atoms with Crippen LogP contribution in [0.3, 0.4) is 0 Å². The summed E-state index contributed by atoms with van der Waals surface area (Å²) in [6.07, 6.45) is 2.86. The largest absolute Gasteiger partial charge is 0.480 e. The molecule has 1 heterocycles. The van der Waals surface area contributed by atoms with Crippen LogP contribution < -0.4 is 21.7 Å². The molecule has 2 aliphatic carbocycles. The van der Waals surface area contributed by atoms with Crippen molar-refractivity contribution in [3.63, 3.8) is 0 Å². The fraction of sp³-hybridized carbons (Fsp3) is 0.760. The van der Waals surface area contributed by atoms with E-state index in [4.69, 9.17) is 5.73 Å². The quantitative estimate of drug-likeness (QED) is 0.281. The number of primary amides is 1. The maximum Gasteiger partial charge on any atom is 0.329 e. The van der Waals surface area contributed by atoms with E-state index >= 15 is 0 Å². The molecule has 37 heavy (non-hydrogen) atoms. The number of aliphatic carboxylic acids is 1. The second-order valence-electron chi connectivity index (χ2n) is 12.2. The number of fused-ring (bicyclic) bond motifs is 1. The summed E-state index contributed by atoms with van der Waals surface area (Å²) in [5.74, 6) is -4.34. The monoisotopic (exact) mass is 521 g/mol. The van der Waals surface area contributed by atoms with Crippen molar-refractivity contribution >= 4 is 35.5 Å². The van der Waals surface area contributed by atoms with Crippen LogP contribution in [0, 0.1) is 22.7 Å². The van der Waals surface area contributed by atoms with Crippen molar-refractivity contribution in [1.82, 2.24) is 20.9 Å². The Bertz CT molecular complexity index is 996. The van der Waals surface area contributed by atoms with Gasteiger partial charge in [0.05, 0.1) is 6.54 Å². The lowest BCUT2D eigenvalue weighted by Gasteiger charge is -2.39. The molecule has 4 atom stereocenters. The van der Waals surface area contributed by atoms with Crippen LogP contribution in [0.2, 0.25) is 0 Å². The third-order valence-corrected chi connectivity index (χ3v) is 8.32. The SMILES string of the molecule is CC(C)(C)[C@H](NC(=O)NC1(C(=O)O)CCCCC1)C(=O)N1C[C@H]2[C@@H]([C@H]1C(=O)NCC(=O)C(N)=O)C2(C)C. The highest BCUT2D eigenvalue weighted by Gasteiger charge is 2.69.